The standard InChI is InChI=1S/C21H26BrN5O2/c1-15-5-3-4-6-17(15)12-23-13-19-25-20(28)14-26(2)27(19)21(29)24-11-16-7-9-18(22)10-8-16/h3-10,19,23H,11-14H2,1-2H3,(H,24,29)(H,25,28)/t19-/m1/s1. The van der Waals surface area contributed by atoms with Gasteiger partial charge in [-0.15, -0.1) is 0 Å². The third-order valence-electron chi connectivity index (χ3n) is 4.84. The fourth-order valence-corrected chi connectivity index (χ4v) is 3.53. The van der Waals surface area contributed by atoms with E-state index in [1.54, 1.807) is 17.1 Å². The molecule has 29 heavy (non-hydrogen) atoms. The van der Waals surface area contributed by atoms with E-state index in [1.807, 2.05) is 36.4 Å². The lowest BCUT2D eigenvalue weighted by atomic mass is 10.1. The first kappa shape index (κ1) is 21.3. The molecule has 3 rings (SSSR count). The van der Waals surface area contributed by atoms with Crippen LogP contribution in [0.4, 0.5) is 4.79 Å². The highest BCUT2D eigenvalue weighted by Gasteiger charge is 2.33. The zero-order chi connectivity index (χ0) is 20.8. The quantitative estimate of drug-likeness (QED) is 0.619. The first-order chi connectivity index (χ1) is 13.9. The number of nitrogens with zero attached hydrogens (tertiary/aromatic N) is 2. The molecule has 3 amide bonds. The van der Waals surface area contributed by atoms with Crippen LogP contribution in [0, 0.1) is 6.92 Å². The molecular formula is C21H26BrN5O2. The minimum absolute atomic E-state index is 0.104. The Hall–Kier alpha value is -2.42. The van der Waals surface area contributed by atoms with E-state index in [-0.39, 0.29) is 18.5 Å². The third-order valence-corrected chi connectivity index (χ3v) is 5.37. The van der Waals surface area contributed by atoms with Crippen LogP contribution in [0.3, 0.4) is 0 Å². The number of rotatable bonds is 6. The van der Waals surface area contributed by atoms with Crippen molar-refractivity contribution in [1.82, 2.24) is 26.0 Å². The fourth-order valence-electron chi connectivity index (χ4n) is 3.26. The molecule has 1 aliphatic heterocycles. The molecule has 2 aromatic carbocycles. The minimum Gasteiger partial charge on any atom is -0.333 e. The number of carbonyl (C=O) groups is 2. The van der Waals surface area contributed by atoms with E-state index in [1.165, 1.54) is 11.1 Å². The van der Waals surface area contributed by atoms with Gasteiger partial charge >= 0.3 is 6.03 Å². The molecule has 0 bridgehead atoms. The molecule has 1 heterocycles. The summed E-state index contributed by atoms with van der Waals surface area (Å²) < 4.78 is 0.992. The monoisotopic (exact) mass is 459 g/mol. The summed E-state index contributed by atoms with van der Waals surface area (Å²) in [7, 11) is 1.74. The number of halogens is 1. The summed E-state index contributed by atoms with van der Waals surface area (Å²) in [6.07, 6.45) is -0.463. The van der Waals surface area contributed by atoms with Gasteiger partial charge in [0.2, 0.25) is 5.91 Å². The van der Waals surface area contributed by atoms with Crippen LogP contribution >= 0.6 is 15.9 Å². The van der Waals surface area contributed by atoms with Crippen molar-refractivity contribution >= 4 is 27.9 Å². The molecule has 0 saturated carbocycles. The van der Waals surface area contributed by atoms with Gasteiger partial charge in [0.05, 0.1) is 6.54 Å². The minimum atomic E-state index is -0.463. The molecule has 0 aliphatic carbocycles. The number of urea groups is 1. The zero-order valence-electron chi connectivity index (χ0n) is 16.6. The van der Waals surface area contributed by atoms with Crippen molar-refractivity contribution in [1.29, 1.82) is 0 Å². The number of hydrogen-bond acceptors (Lipinski definition) is 4. The average molecular weight is 460 g/mol. The molecule has 7 nitrogen and oxygen atoms in total. The van der Waals surface area contributed by atoms with Gasteiger partial charge in [0.1, 0.15) is 6.17 Å². The van der Waals surface area contributed by atoms with Crippen molar-refractivity contribution in [2.24, 2.45) is 0 Å². The van der Waals surface area contributed by atoms with Crippen molar-refractivity contribution in [2.75, 3.05) is 20.1 Å². The second kappa shape index (κ2) is 9.87. The molecule has 1 aliphatic rings. The van der Waals surface area contributed by atoms with Gasteiger partial charge in [0.25, 0.3) is 0 Å². The Bertz CT molecular complexity index is 858. The Morgan fingerprint density at radius 2 is 1.90 bits per heavy atom. The molecule has 0 unspecified atom stereocenters. The second-order valence-corrected chi connectivity index (χ2v) is 8.00. The molecule has 1 atom stereocenters. The van der Waals surface area contributed by atoms with Gasteiger partial charge in [0.15, 0.2) is 0 Å². The maximum absolute atomic E-state index is 12.8. The van der Waals surface area contributed by atoms with Crippen LogP contribution in [0.15, 0.2) is 53.0 Å². The van der Waals surface area contributed by atoms with Gasteiger partial charge in [-0.25, -0.2) is 14.8 Å². The molecule has 0 radical (unpaired) electrons. The van der Waals surface area contributed by atoms with Gasteiger partial charge in [0, 0.05) is 31.2 Å². The van der Waals surface area contributed by atoms with Crippen LogP contribution in [0.25, 0.3) is 0 Å². The number of carbonyl (C=O) groups excluding carboxylic acids is 2. The van der Waals surface area contributed by atoms with Gasteiger partial charge < -0.3 is 16.0 Å². The highest BCUT2D eigenvalue weighted by molar-refractivity contribution is 9.10. The fraction of sp³-hybridized carbons (Fsp3) is 0.333. The maximum atomic E-state index is 12.8. The number of hydrogen-bond donors (Lipinski definition) is 3. The highest BCUT2D eigenvalue weighted by atomic mass is 79.9. The van der Waals surface area contributed by atoms with Crippen LogP contribution in [0.2, 0.25) is 0 Å². The second-order valence-electron chi connectivity index (χ2n) is 7.09. The summed E-state index contributed by atoms with van der Waals surface area (Å²) in [5, 5.41) is 12.4. The lowest BCUT2D eigenvalue weighted by molar-refractivity contribution is -0.137. The summed E-state index contributed by atoms with van der Waals surface area (Å²) in [5.41, 5.74) is 3.39. The largest absolute Gasteiger partial charge is 0.334 e. The molecule has 0 aromatic heterocycles. The maximum Gasteiger partial charge on any atom is 0.334 e. The Morgan fingerprint density at radius 3 is 2.62 bits per heavy atom. The van der Waals surface area contributed by atoms with Crippen molar-refractivity contribution in [2.45, 2.75) is 26.2 Å². The van der Waals surface area contributed by atoms with E-state index < -0.39 is 6.17 Å². The third kappa shape index (κ3) is 5.79. The number of nitrogens with one attached hydrogen (secondary N) is 3. The lowest BCUT2D eigenvalue weighted by Gasteiger charge is -2.42. The first-order valence-electron chi connectivity index (χ1n) is 9.51. The highest BCUT2D eigenvalue weighted by Crippen LogP contribution is 2.12. The topological polar surface area (TPSA) is 76.7 Å². The Kier molecular flexibility index (Phi) is 7.24. The summed E-state index contributed by atoms with van der Waals surface area (Å²) in [6.45, 7) is 3.72. The van der Waals surface area contributed by atoms with E-state index in [0.717, 1.165) is 10.0 Å². The molecule has 1 fully saturated rings. The Labute approximate surface area is 179 Å². The summed E-state index contributed by atoms with van der Waals surface area (Å²) in [6, 6.07) is 15.7. The molecule has 1 saturated heterocycles. The first-order valence-corrected chi connectivity index (χ1v) is 10.3. The van der Waals surface area contributed by atoms with Gasteiger partial charge in [-0.1, -0.05) is 52.3 Å². The van der Waals surface area contributed by atoms with E-state index >= 15 is 0 Å². The van der Waals surface area contributed by atoms with E-state index in [2.05, 4.69) is 50.9 Å². The Balaban J connectivity index is 1.60. The number of likely N-dealkylation sites (N-methyl/N-ethyl adjacent to an activating group) is 1. The molecule has 2 aromatic rings. The van der Waals surface area contributed by atoms with E-state index in [9.17, 15) is 9.59 Å². The van der Waals surface area contributed by atoms with Crippen LogP contribution in [0.5, 0.6) is 0 Å². The smallest absolute Gasteiger partial charge is 0.333 e. The predicted molar refractivity (Wildman–Crippen MR) is 116 cm³/mol. The van der Waals surface area contributed by atoms with Gasteiger partial charge in [-0.05, 0) is 35.7 Å². The molecule has 8 heteroatoms. The summed E-state index contributed by atoms with van der Waals surface area (Å²) >= 11 is 3.41. The molecule has 3 N–H and O–H groups in total. The summed E-state index contributed by atoms with van der Waals surface area (Å²) in [4.78, 5) is 24.8. The molecular weight excluding hydrogens is 434 g/mol. The predicted octanol–water partition coefficient (Wildman–Crippen LogP) is 2.36. The molecule has 0 spiro atoms. The number of amides is 3. The number of benzene rings is 2. The van der Waals surface area contributed by atoms with Crippen LogP contribution in [-0.2, 0) is 17.9 Å². The van der Waals surface area contributed by atoms with E-state index in [0.29, 0.717) is 19.6 Å². The van der Waals surface area contributed by atoms with Crippen LogP contribution in [-0.4, -0.2) is 48.3 Å². The SMILES string of the molecule is Cc1ccccc1CNC[C@@H]1NC(=O)CN(C)N1C(=O)NCc1ccc(Br)cc1. The average Bonchev–Trinajstić information content (AvgIpc) is 2.68. The van der Waals surface area contributed by atoms with Gasteiger partial charge in [-0.3, -0.25) is 4.79 Å². The van der Waals surface area contributed by atoms with Crippen molar-refractivity contribution in [3.05, 3.63) is 69.7 Å². The molecule has 154 valence electrons. The van der Waals surface area contributed by atoms with Crippen LogP contribution < -0.4 is 16.0 Å². The number of hydrazine groups is 1. The lowest BCUT2D eigenvalue weighted by Crippen LogP contribution is -2.68. The summed E-state index contributed by atoms with van der Waals surface area (Å²) in [5.74, 6) is -0.104. The Morgan fingerprint density at radius 1 is 1.17 bits per heavy atom. The van der Waals surface area contributed by atoms with Gasteiger partial charge in [-0.2, -0.15) is 0 Å². The van der Waals surface area contributed by atoms with Crippen molar-refractivity contribution in [3.63, 3.8) is 0 Å². The normalized spacial score (nSPS) is 17.1. The van der Waals surface area contributed by atoms with Crippen molar-refractivity contribution in [3.8, 4) is 0 Å². The van der Waals surface area contributed by atoms with E-state index in [4.69, 9.17) is 0 Å². The van der Waals surface area contributed by atoms with Crippen LogP contribution in [0.1, 0.15) is 16.7 Å². The zero-order valence-corrected chi connectivity index (χ0v) is 18.2. The van der Waals surface area contributed by atoms with Crippen molar-refractivity contribution < 1.29 is 9.59 Å². The number of aryl methyl sites for hydroxylation is 1.